The van der Waals surface area contributed by atoms with Gasteiger partial charge in [-0.1, -0.05) is 31.2 Å². The minimum atomic E-state index is 0.0960. The molecule has 0 N–H and O–H groups in total. The minimum absolute atomic E-state index is 0.0960. The third kappa shape index (κ3) is 2.63. The molecule has 0 bridgehead atoms. The van der Waals surface area contributed by atoms with Gasteiger partial charge in [0.1, 0.15) is 0 Å². The van der Waals surface area contributed by atoms with Gasteiger partial charge in [-0.15, -0.1) is 0 Å². The summed E-state index contributed by atoms with van der Waals surface area (Å²) in [6.07, 6.45) is 9.21. The Balaban J connectivity index is 1.89. The first-order valence-electron chi connectivity index (χ1n) is 8.01. The van der Waals surface area contributed by atoms with E-state index in [1.165, 1.54) is 11.1 Å². The van der Waals surface area contributed by atoms with E-state index in [0.29, 0.717) is 0 Å². The molecule has 2 aliphatic rings. The molecule has 1 aromatic rings. The normalized spacial score (nSPS) is 17.5. The number of amides is 1. The summed E-state index contributed by atoms with van der Waals surface area (Å²) in [6, 6.07) is 5.91. The lowest BCUT2D eigenvalue weighted by molar-refractivity contribution is 0.0797. The number of aryl methyl sites for hydroxylation is 1. The standard InChI is InChI=1S/C19H22N2O/c1-3-14-10-7-11-17(18(14)20-4-2)19(22)21-12-15-8-5-6-9-16(15)13-21/h4-5,7-8,10-11H,3,6,9,12-13H2,1-2H3. The zero-order valence-electron chi connectivity index (χ0n) is 13.3. The second-order valence-electron chi connectivity index (χ2n) is 5.79. The van der Waals surface area contributed by atoms with Crippen molar-refractivity contribution in [1.29, 1.82) is 0 Å². The Morgan fingerprint density at radius 2 is 2.23 bits per heavy atom. The van der Waals surface area contributed by atoms with Crippen LogP contribution in [0.5, 0.6) is 0 Å². The van der Waals surface area contributed by atoms with Crippen molar-refractivity contribution < 1.29 is 4.79 Å². The Morgan fingerprint density at radius 3 is 2.95 bits per heavy atom. The number of carbonyl (C=O) groups is 1. The Morgan fingerprint density at radius 1 is 1.36 bits per heavy atom. The van der Waals surface area contributed by atoms with Gasteiger partial charge in [-0.05, 0) is 49.0 Å². The van der Waals surface area contributed by atoms with Crippen LogP contribution in [-0.2, 0) is 6.42 Å². The lowest BCUT2D eigenvalue weighted by atomic mass is 10.0. The van der Waals surface area contributed by atoms with Gasteiger partial charge in [0.05, 0.1) is 11.3 Å². The summed E-state index contributed by atoms with van der Waals surface area (Å²) in [5.41, 5.74) is 5.43. The van der Waals surface area contributed by atoms with Crippen LogP contribution in [0.2, 0.25) is 0 Å². The summed E-state index contributed by atoms with van der Waals surface area (Å²) in [4.78, 5) is 19.4. The molecule has 114 valence electrons. The second kappa shape index (κ2) is 6.30. The first kappa shape index (κ1) is 14.8. The number of para-hydroxylation sites is 1. The van der Waals surface area contributed by atoms with E-state index in [9.17, 15) is 4.79 Å². The molecular weight excluding hydrogens is 272 g/mol. The average molecular weight is 294 g/mol. The molecular formula is C19H22N2O. The van der Waals surface area contributed by atoms with E-state index in [1.54, 1.807) is 6.21 Å². The molecule has 1 aliphatic heterocycles. The fourth-order valence-corrected chi connectivity index (χ4v) is 3.24. The number of carbonyl (C=O) groups excluding carboxylic acids is 1. The smallest absolute Gasteiger partial charge is 0.256 e. The van der Waals surface area contributed by atoms with Gasteiger partial charge in [-0.2, -0.15) is 0 Å². The highest BCUT2D eigenvalue weighted by Crippen LogP contribution is 2.31. The highest BCUT2D eigenvalue weighted by atomic mass is 16.2. The molecule has 1 heterocycles. The fraction of sp³-hybridized carbons (Fsp3) is 0.368. The number of allylic oxidation sites excluding steroid dienone is 1. The topological polar surface area (TPSA) is 32.7 Å². The first-order chi connectivity index (χ1) is 10.7. The van der Waals surface area contributed by atoms with Gasteiger partial charge in [0, 0.05) is 19.3 Å². The summed E-state index contributed by atoms with van der Waals surface area (Å²) in [7, 11) is 0. The predicted octanol–water partition coefficient (Wildman–Crippen LogP) is 4.07. The summed E-state index contributed by atoms with van der Waals surface area (Å²) < 4.78 is 0. The van der Waals surface area contributed by atoms with E-state index in [-0.39, 0.29) is 5.91 Å². The number of rotatable bonds is 3. The molecule has 0 unspecified atom stereocenters. The van der Waals surface area contributed by atoms with E-state index in [2.05, 4.69) is 30.1 Å². The van der Waals surface area contributed by atoms with Crippen molar-refractivity contribution in [2.75, 3.05) is 13.1 Å². The van der Waals surface area contributed by atoms with Crippen molar-refractivity contribution in [3.8, 4) is 0 Å². The molecule has 3 rings (SSSR count). The molecule has 1 aromatic carbocycles. The summed E-state index contributed by atoms with van der Waals surface area (Å²) in [5.74, 6) is 0.0960. The van der Waals surface area contributed by atoms with Crippen molar-refractivity contribution >= 4 is 17.8 Å². The second-order valence-corrected chi connectivity index (χ2v) is 5.79. The van der Waals surface area contributed by atoms with Crippen molar-refractivity contribution in [3.63, 3.8) is 0 Å². The van der Waals surface area contributed by atoms with Crippen molar-refractivity contribution in [2.24, 2.45) is 4.99 Å². The highest BCUT2D eigenvalue weighted by molar-refractivity contribution is 6.00. The Labute approximate surface area is 132 Å². The zero-order valence-corrected chi connectivity index (χ0v) is 13.3. The molecule has 0 fully saturated rings. The molecule has 1 aliphatic carbocycles. The van der Waals surface area contributed by atoms with Crippen LogP contribution in [0.15, 0.2) is 46.5 Å². The molecule has 0 spiro atoms. The van der Waals surface area contributed by atoms with Gasteiger partial charge in [0.25, 0.3) is 5.91 Å². The molecule has 0 atom stereocenters. The molecule has 0 aromatic heterocycles. The Bertz CT molecular complexity index is 683. The van der Waals surface area contributed by atoms with E-state index < -0.39 is 0 Å². The van der Waals surface area contributed by atoms with Crippen molar-refractivity contribution in [3.05, 3.63) is 52.6 Å². The number of benzene rings is 1. The largest absolute Gasteiger partial charge is 0.330 e. The molecule has 0 radical (unpaired) electrons. The lowest BCUT2D eigenvalue weighted by Gasteiger charge is -2.18. The van der Waals surface area contributed by atoms with E-state index >= 15 is 0 Å². The van der Waals surface area contributed by atoms with Gasteiger partial charge in [-0.3, -0.25) is 9.79 Å². The van der Waals surface area contributed by atoms with Gasteiger partial charge in [-0.25, -0.2) is 0 Å². The number of hydrogen-bond acceptors (Lipinski definition) is 2. The fourth-order valence-electron chi connectivity index (χ4n) is 3.24. The maximum absolute atomic E-state index is 13.0. The van der Waals surface area contributed by atoms with Crippen LogP contribution in [0.4, 0.5) is 5.69 Å². The van der Waals surface area contributed by atoms with Crippen molar-refractivity contribution in [1.82, 2.24) is 4.90 Å². The maximum atomic E-state index is 13.0. The minimum Gasteiger partial charge on any atom is -0.330 e. The predicted molar refractivity (Wildman–Crippen MR) is 90.9 cm³/mol. The molecule has 3 nitrogen and oxygen atoms in total. The maximum Gasteiger partial charge on any atom is 0.256 e. The van der Waals surface area contributed by atoms with Gasteiger partial charge in [0.15, 0.2) is 0 Å². The first-order valence-corrected chi connectivity index (χ1v) is 8.01. The lowest BCUT2D eigenvalue weighted by Crippen LogP contribution is -2.29. The average Bonchev–Trinajstić information content (AvgIpc) is 2.98. The SMILES string of the molecule is CC=Nc1c(CC)cccc1C(=O)N1CC2=C(CCC=C2)C1. The number of aliphatic imine (C=N–C) groups is 1. The van der Waals surface area contributed by atoms with Crippen LogP contribution in [0.1, 0.15) is 42.6 Å². The molecule has 0 saturated carbocycles. The van der Waals surface area contributed by atoms with Crippen molar-refractivity contribution in [2.45, 2.75) is 33.1 Å². The van der Waals surface area contributed by atoms with Crippen LogP contribution in [0, 0.1) is 0 Å². The molecule has 0 saturated heterocycles. The van der Waals surface area contributed by atoms with E-state index in [1.807, 2.05) is 24.0 Å². The Kier molecular flexibility index (Phi) is 4.23. The third-order valence-electron chi connectivity index (χ3n) is 4.41. The number of nitrogens with zero attached hydrogens (tertiary/aromatic N) is 2. The molecule has 1 amide bonds. The van der Waals surface area contributed by atoms with Crippen LogP contribution >= 0.6 is 0 Å². The third-order valence-corrected chi connectivity index (χ3v) is 4.41. The van der Waals surface area contributed by atoms with Gasteiger partial charge >= 0.3 is 0 Å². The number of hydrogen-bond donors (Lipinski definition) is 0. The summed E-state index contributed by atoms with van der Waals surface area (Å²) >= 11 is 0. The molecule has 3 heteroatoms. The summed E-state index contributed by atoms with van der Waals surface area (Å²) in [5, 5.41) is 0. The van der Waals surface area contributed by atoms with E-state index in [0.717, 1.165) is 49.2 Å². The monoisotopic (exact) mass is 294 g/mol. The molecule has 22 heavy (non-hydrogen) atoms. The van der Waals surface area contributed by atoms with Crippen LogP contribution in [0.3, 0.4) is 0 Å². The van der Waals surface area contributed by atoms with Crippen LogP contribution < -0.4 is 0 Å². The Hall–Kier alpha value is -2.16. The van der Waals surface area contributed by atoms with Crippen LogP contribution in [-0.4, -0.2) is 30.1 Å². The zero-order chi connectivity index (χ0) is 15.5. The van der Waals surface area contributed by atoms with Crippen LogP contribution in [0.25, 0.3) is 0 Å². The highest BCUT2D eigenvalue weighted by Gasteiger charge is 2.27. The quantitative estimate of drug-likeness (QED) is 0.773. The van der Waals surface area contributed by atoms with Gasteiger partial charge < -0.3 is 4.90 Å². The summed E-state index contributed by atoms with van der Waals surface area (Å²) in [6.45, 7) is 5.49. The van der Waals surface area contributed by atoms with Gasteiger partial charge in [0.2, 0.25) is 0 Å². The van der Waals surface area contributed by atoms with E-state index in [4.69, 9.17) is 0 Å².